The van der Waals surface area contributed by atoms with Crippen LogP contribution in [0, 0.1) is 5.21 Å². The third-order valence-electron chi connectivity index (χ3n) is 1.71. The molecular weight excluding hydrogens is 198 g/mol. The molecule has 0 spiro atoms. The highest BCUT2D eigenvalue weighted by atomic mass is 32.2. The number of thioether (sulfide) groups is 1. The first-order valence-electron chi connectivity index (χ1n) is 4.50. The number of carbonyl (C=O) groups is 1. The summed E-state index contributed by atoms with van der Waals surface area (Å²) in [6.07, 6.45) is 2.90. The Labute approximate surface area is 87.7 Å². The van der Waals surface area contributed by atoms with Crippen LogP contribution in [0.25, 0.3) is 0 Å². The zero-order valence-corrected chi connectivity index (χ0v) is 8.92. The molecule has 0 amide bonds. The SMILES string of the molecule is CC(=O)CCCSc1cccc[n+]1[O-]. The highest BCUT2D eigenvalue weighted by Gasteiger charge is 2.03. The molecule has 0 aliphatic heterocycles. The average Bonchev–Trinajstić information content (AvgIpc) is 2.15. The van der Waals surface area contributed by atoms with Crippen molar-refractivity contribution in [2.45, 2.75) is 24.8 Å². The van der Waals surface area contributed by atoms with E-state index in [-0.39, 0.29) is 5.78 Å². The Morgan fingerprint density at radius 3 is 3.00 bits per heavy atom. The lowest BCUT2D eigenvalue weighted by molar-refractivity contribution is -0.645. The summed E-state index contributed by atoms with van der Waals surface area (Å²) in [5.41, 5.74) is 0. The Kier molecular flexibility index (Phi) is 4.46. The van der Waals surface area contributed by atoms with Crippen molar-refractivity contribution in [1.29, 1.82) is 0 Å². The van der Waals surface area contributed by atoms with Gasteiger partial charge in [0.25, 0.3) is 5.03 Å². The molecule has 0 saturated heterocycles. The molecule has 0 aliphatic carbocycles. The third-order valence-corrected chi connectivity index (χ3v) is 2.82. The molecule has 0 saturated carbocycles. The lowest BCUT2D eigenvalue weighted by Gasteiger charge is -2.01. The second-order valence-electron chi connectivity index (χ2n) is 3.02. The molecular formula is C10H13NO2S. The first kappa shape index (κ1) is 11.0. The van der Waals surface area contributed by atoms with Gasteiger partial charge in [-0.2, -0.15) is 4.73 Å². The van der Waals surface area contributed by atoms with E-state index in [1.165, 1.54) is 18.0 Å². The maximum Gasteiger partial charge on any atom is 0.251 e. The fourth-order valence-electron chi connectivity index (χ4n) is 1.02. The van der Waals surface area contributed by atoms with Crippen molar-refractivity contribution >= 4 is 17.5 Å². The van der Waals surface area contributed by atoms with E-state index in [4.69, 9.17) is 0 Å². The van der Waals surface area contributed by atoms with E-state index >= 15 is 0 Å². The van der Waals surface area contributed by atoms with Gasteiger partial charge in [0.05, 0.1) is 0 Å². The maximum atomic E-state index is 11.2. The normalized spacial score (nSPS) is 10.1. The van der Waals surface area contributed by atoms with Crippen molar-refractivity contribution in [1.82, 2.24) is 0 Å². The van der Waals surface area contributed by atoms with Crippen LogP contribution < -0.4 is 4.73 Å². The molecule has 0 N–H and O–H groups in total. The van der Waals surface area contributed by atoms with E-state index in [1.807, 2.05) is 6.07 Å². The molecule has 0 aliphatic rings. The van der Waals surface area contributed by atoms with Crippen LogP contribution in [-0.2, 0) is 4.79 Å². The van der Waals surface area contributed by atoms with E-state index in [0.29, 0.717) is 11.4 Å². The number of Topliss-reactive ketones (excluding diaryl/α,β-unsaturated/α-hetero) is 1. The molecule has 1 heterocycles. The summed E-state index contributed by atoms with van der Waals surface area (Å²) in [5, 5.41) is 11.9. The zero-order chi connectivity index (χ0) is 10.4. The van der Waals surface area contributed by atoms with Crippen LogP contribution in [0.1, 0.15) is 19.8 Å². The number of carbonyl (C=O) groups excluding carboxylic acids is 1. The first-order valence-corrected chi connectivity index (χ1v) is 5.49. The second-order valence-corrected chi connectivity index (χ2v) is 4.13. The number of hydrogen-bond acceptors (Lipinski definition) is 3. The molecule has 0 unspecified atom stereocenters. The van der Waals surface area contributed by atoms with E-state index < -0.39 is 0 Å². The summed E-state index contributed by atoms with van der Waals surface area (Å²) >= 11 is 1.49. The lowest BCUT2D eigenvalue weighted by Crippen LogP contribution is -2.27. The third kappa shape index (κ3) is 3.79. The molecule has 0 fully saturated rings. The summed E-state index contributed by atoms with van der Waals surface area (Å²) in [5.74, 6) is 1.01. The Bertz CT molecular complexity index is 315. The molecule has 0 aromatic carbocycles. The number of aromatic nitrogens is 1. The molecule has 0 radical (unpaired) electrons. The Hall–Kier alpha value is -1.03. The Morgan fingerprint density at radius 2 is 2.36 bits per heavy atom. The van der Waals surface area contributed by atoms with E-state index in [1.54, 1.807) is 19.1 Å². The van der Waals surface area contributed by atoms with Gasteiger partial charge in [0.2, 0.25) is 0 Å². The van der Waals surface area contributed by atoms with Crippen LogP contribution >= 0.6 is 11.8 Å². The Balaban J connectivity index is 2.31. The molecule has 0 bridgehead atoms. The molecule has 4 heteroatoms. The van der Waals surface area contributed by atoms with Crippen molar-refractivity contribution in [3.05, 3.63) is 29.6 Å². The summed E-state index contributed by atoms with van der Waals surface area (Å²) in [6, 6.07) is 5.32. The van der Waals surface area contributed by atoms with Crippen molar-refractivity contribution < 1.29 is 9.52 Å². The van der Waals surface area contributed by atoms with Crippen molar-refractivity contribution in [3.63, 3.8) is 0 Å². The average molecular weight is 211 g/mol. The van der Waals surface area contributed by atoms with E-state index in [0.717, 1.165) is 16.9 Å². The van der Waals surface area contributed by atoms with Crippen molar-refractivity contribution in [3.8, 4) is 0 Å². The van der Waals surface area contributed by atoms with Gasteiger partial charge in [0, 0.05) is 24.3 Å². The van der Waals surface area contributed by atoms with E-state index in [2.05, 4.69) is 0 Å². The minimum absolute atomic E-state index is 0.202. The first-order chi connectivity index (χ1) is 6.70. The molecule has 1 aromatic rings. The lowest BCUT2D eigenvalue weighted by atomic mass is 10.3. The topological polar surface area (TPSA) is 44.0 Å². The van der Waals surface area contributed by atoms with Gasteiger partial charge in [-0.15, -0.1) is 0 Å². The van der Waals surface area contributed by atoms with E-state index in [9.17, 15) is 10.0 Å². The largest absolute Gasteiger partial charge is 0.618 e. The highest BCUT2D eigenvalue weighted by molar-refractivity contribution is 7.99. The maximum absolute atomic E-state index is 11.2. The predicted molar refractivity (Wildman–Crippen MR) is 56.0 cm³/mol. The Morgan fingerprint density at radius 1 is 1.57 bits per heavy atom. The molecule has 76 valence electrons. The van der Waals surface area contributed by atoms with Gasteiger partial charge >= 0.3 is 0 Å². The summed E-state index contributed by atoms with van der Waals surface area (Å²) in [4.78, 5) is 10.6. The number of ketones is 1. The fourth-order valence-corrected chi connectivity index (χ4v) is 1.88. The zero-order valence-electron chi connectivity index (χ0n) is 8.10. The van der Waals surface area contributed by atoms with Gasteiger partial charge in [-0.25, -0.2) is 0 Å². The minimum Gasteiger partial charge on any atom is -0.618 e. The standard InChI is InChI=1S/C10H13NO2S/c1-9(12)5-4-8-14-10-6-2-3-7-11(10)13/h2-3,6-7H,4-5,8H2,1H3. The number of nitrogens with zero attached hydrogens (tertiary/aromatic N) is 1. The molecule has 0 atom stereocenters. The van der Waals surface area contributed by atoms with Crippen LogP contribution in [-0.4, -0.2) is 11.5 Å². The summed E-state index contributed by atoms with van der Waals surface area (Å²) in [6.45, 7) is 1.58. The van der Waals surface area contributed by atoms with Crippen LogP contribution in [0.4, 0.5) is 0 Å². The smallest absolute Gasteiger partial charge is 0.251 e. The molecule has 1 aromatic heterocycles. The number of rotatable bonds is 5. The van der Waals surface area contributed by atoms with Crippen molar-refractivity contribution in [2.75, 3.05) is 5.75 Å². The molecule has 1 rings (SSSR count). The van der Waals surface area contributed by atoms with Crippen LogP contribution in [0.15, 0.2) is 29.4 Å². The number of pyridine rings is 1. The van der Waals surface area contributed by atoms with Gasteiger partial charge in [-0.3, -0.25) is 0 Å². The monoisotopic (exact) mass is 211 g/mol. The molecule has 3 nitrogen and oxygen atoms in total. The van der Waals surface area contributed by atoms with Gasteiger partial charge in [-0.1, -0.05) is 11.8 Å². The van der Waals surface area contributed by atoms with Gasteiger partial charge in [-0.05, 0) is 19.4 Å². The van der Waals surface area contributed by atoms with Gasteiger partial charge < -0.3 is 10.0 Å². The van der Waals surface area contributed by atoms with Crippen molar-refractivity contribution in [2.24, 2.45) is 0 Å². The summed E-state index contributed by atoms with van der Waals surface area (Å²) in [7, 11) is 0. The second kappa shape index (κ2) is 5.65. The van der Waals surface area contributed by atoms with Crippen LogP contribution in [0.5, 0.6) is 0 Å². The highest BCUT2D eigenvalue weighted by Crippen LogP contribution is 2.14. The quantitative estimate of drug-likeness (QED) is 0.323. The van der Waals surface area contributed by atoms with Crippen LogP contribution in [0.3, 0.4) is 0 Å². The molecule has 14 heavy (non-hydrogen) atoms. The minimum atomic E-state index is 0.202. The van der Waals surface area contributed by atoms with Crippen LogP contribution in [0.2, 0.25) is 0 Å². The van der Waals surface area contributed by atoms with Gasteiger partial charge in [0.1, 0.15) is 5.78 Å². The number of hydrogen-bond donors (Lipinski definition) is 0. The predicted octanol–water partition coefficient (Wildman–Crippen LogP) is 1.78. The summed E-state index contributed by atoms with van der Waals surface area (Å²) < 4.78 is 0.846. The van der Waals surface area contributed by atoms with Gasteiger partial charge in [0.15, 0.2) is 6.20 Å². The fraction of sp³-hybridized carbons (Fsp3) is 0.400.